The number of unbranched alkanes of at least 4 members (excludes halogenated alkanes) is 15. The lowest BCUT2D eigenvalue weighted by atomic mass is 10.0. The van der Waals surface area contributed by atoms with Crippen LogP contribution in [0.25, 0.3) is 0 Å². The van der Waals surface area contributed by atoms with Gasteiger partial charge in [-0.3, -0.25) is 0 Å². The van der Waals surface area contributed by atoms with E-state index in [4.69, 9.17) is 9.47 Å². The molecule has 1 atom stereocenters. The van der Waals surface area contributed by atoms with E-state index in [2.05, 4.69) is 6.92 Å². The van der Waals surface area contributed by atoms with Crippen LogP contribution in [0.15, 0.2) is 0 Å². The molecule has 1 saturated heterocycles. The zero-order chi connectivity index (χ0) is 15.7. The van der Waals surface area contributed by atoms with E-state index in [9.17, 15) is 0 Å². The second-order valence-corrected chi connectivity index (χ2v) is 6.94. The molecule has 0 N–H and O–H groups in total. The summed E-state index contributed by atoms with van der Waals surface area (Å²) in [7, 11) is 0. The molecule has 1 fully saturated rings. The average molecular weight is 313 g/mol. The quantitative estimate of drug-likeness (QED) is 0.209. The van der Waals surface area contributed by atoms with Crippen LogP contribution in [0, 0.1) is 0 Å². The summed E-state index contributed by atoms with van der Waals surface area (Å²) in [6, 6.07) is 0. The lowest BCUT2D eigenvalue weighted by Crippen LogP contribution is -1.97. The smallest absolute Gasteiger partial charge is 0.181 e. The van der Waals surface area contributed by atoms with Crippen LogP contribution in [-0.2, 0) is 9.47 Å². The summed E-state index contributed by atoms with van der Waals surface area (Å²) >= 11 is 0. The highest BCUT2D eigenvalue weighted by Crippen LogP contribution is 2.14. The third-order valence-electron chi connectivity index (χ3n) is 4.60. The van der Waals surface area contributed by atoms with Crippen LogP contribution in [-0.4, -0.2) is 19.5 Å². The van der Waals surface area contributed by atoms with Crippen molar-refractivity contribution in [3.8, 4) is 0 Å². The molecule has 1 aliphatic rings. The van der Waals surface area contributed by atoms with Crippen molar-refractivity contribution in [3.05, 3.63) is 0 Å². The van der Waals surface area contributed by atoms with E-state index in [0.717, 1.165) is 13.2 Å². The number of hydrogen-bond donors (Lipinski definition) is 0. The highest BCUT2D eigenvalue weighted by atomic mass is 16.8. The molecule has 0 spiro atoms. The van der Waals surface area contributed by atoms with E-state index in [-0.39, 0.29) is 6.29 Å². The van der Waals surface area contributed by atoms with E-state index in [1.165, 1.54) is 103 Å². The molecule has 0 radical (unpaired) electrons. The molecule has 2 heteroatoms. The molecule has 0 aromatic heterocycles. The standard InChI is InChI=1S/C20H40O2/c1-2-3-4-5-6-7-8-9-10-11-12-13-14-15-16-17-18-21-20-19-22-20/h20H,2-19H2,1H3. The fourth-order valence-corrected chi connectivity index (χ4v) is 3.00. The maximum absolute atomic E-state index is 5.45. The molecule has 132 valence electrons. The van der Waals surface area contributed by atoms with Crippen molar-refractivity contribution >= 4 is 0 Å². The number of hydrogen-bond acceptors (Lipinski definition) is 2. The molecule has 0 aromatic carbocycles. The molecule has 1 rings (SSSR count). The minimum Gasteiger partial charge on any atom is -0.350 e. The van der Waals surface area contributed by atoms with E-state index < -0.39 is 0 Å². The largest absolute Gasteiger partial charge is 0.350 e. The van der Waals surface area contributed by atoms with Gasteiger partial charge in [-0.15, -0.1) is 0 Å². The summed E-state index contributed by atoms with van der Waals surface area (Å²) in [6.45, 7) is 4.00. The number of rotatable bonds is 18. The van der Waals surface area contributed by atoms with Gasteiger partial charge in [-0.1, -0.05) is 103 Å². The highest BCUT2D eigenvalue weighted by molar-refractivity contribution is 4.55. The second-order valence-electron chi connectivity index (χ2n) is 6.94. The summed E-state index contributed by atoms with van der Waals surface area (Å²) < 4.78 is 10.5. The first-order valence-corrected chi connectivity index (χ1v) is 10.2. The summed E-state index contributed by atoms with van der Waals surface area (Å²) in [5, 5.41) is 0. The highest BCUT2D eigenvalue weighted by Gasteiger charge is 2.22. The normalized spacial score (nSPS) is 17.0. The van der Waals surface area contributed by atoms with Crippen molar-refractivity contribution in [2.45, 2.75) is 116 Å². The van der Waals surface area contributed by atoms with E-state index in [0.29, 0.717) is 0 Å². The van der Waals surface area contributed by atoms with Crippen LogP contribution in [0.1, 0.15) is 110 Å². The first-order chi connectivity index (χ1) is 10.9. The monoisotopic (exact) mass is 312 g/mol. The van der Waals surface area contributed by atoms with Gasteiger partial charge in [0.25, 0.3) is 0 Å². The lowest BCUT2D eigenvalue weighted by molar-refractivity contribution is 0.0478. The predicted octanol–water partition coefficient (Wildman–Crippen LogP) is 6.62. The number of ether oxygens (including phenoxy) is 2. The molecule has 1 unspecified atom stereocenters. The Kier molecular flexibility index (Phi) is 14.3. The van der Waals surface area contributed by atoms with Crippen LogP contribution >= 0.6 is 0 Å². The third kappa shape index (κ3) is 14.8. The van der Waals surface area contributed by atoms with Gasteiger partial charge in [-0.25, -0.2) is 0 Å². The zero-order valence-electron chi connectivity index (χ0n) is 15.1. The summed E-state index contributed by atoms with van der Waals surface area (Å²) in [5.41, 5.74) is 0. The topological polar surface area (TPSA) is 21.8 Å². The van der Waals surface area contributed by atoms with Crippen LogP contribution in [0.5, 0.6) is 0 Å². The fraction of sp³-hybridized carbons (Fsp3) is 1.00. The van der Waals surface area contributed by atoms with Gasteiger partial charge < -0.3 is 9.47 Å². The Labute approximate surface area is 139 Å². The molecule has 2 nitrogen and oxygen atoms in total. The molecule has 1 heterocycles. The zero-order valence-corrected chi connectivity index (χ0v) is 15.1. The third-order valence-corrected chi connectivity index (χ3v) is 4.60. The van der Waals surface area contributed by atoms with Crippen LogP contribution < -0.4 is 0 Å². The van der Waals surface area contributed by atoms with Gasteiger partial charge in [0.05, 0.1) is 0 Å². The second kappa shape index (κ2) is 15.8. The van der Waals surface area contributed by atoms with Crippen LogP contribution in [0.2, 0.25) is 0 Å². The number of epoxide rings is 1. The SMILES string of the molecule is CCCCCCCCCCCCCCCCCCOC1CO1. The van der Waals surface area contributed by atoms with Crippen molar-refractivity contribution in [3.63, 3.8) is 0 Å². The first-order valence-electron chi connectivity index (χ1n) is 10.2. The summed E-state index contributed by atoms with van der Waals surface area (Å²) in [5.74, 6) is 0. The Morgan fingerprint density at radius 3 is 1.36 bits per heavy atom. The summed E-state index contributed by atoms with van der Waals surface area (Å²) in [6.07, 6.45) is 22.9. The van der Waals surface area contributed by atoms with Crippen LogP contribution in [0.3, 0.4) is 0 Å². The van der Waals surface area contributed by atoms with Crippen molar-refractivity contribution in [2.75, 3.05) is 13.2 Å². The Hall–Kier alpha value is -0.0800. The minimum absolute atomic E-state index is 0.149. The van der Waals surface area contributed by atoms with Crippen molar-refractivity contribution in [2.24, 2.45) is 0 Å². The molecule has 1 aliphatic heterocycles. The Morgan fingerprint density at radius 2 is 1.00 bits per heavy atom. The molecule has 22 heavy (non-hydrogen) atoms. The Morgan fingerprint density at radius 1 is 0.636 bits per heavy atom. The van der Waals surface area contributed by atoms with Gasteiger partial charge in [-0.2, -0.15) is 0 Å². The molecule has 0 amide bonds. The first kappa shape index (κ1) is 20.0. The van der Waals surface area contributed by atoms with Gasteiger partial charge in [0.2, 0.25) is 0 Å². The Bertz CT molecular complexity index is 214. The van der Waals surface area contributed by atoms with Crippen molar-refractivity contribution in [1.29, 1.82) is 0 Å². The molecule has 0 aliphatic carbocycles. The molecule has 0 bridgehead atoms. The average Bonchev–Trinajstić information content (AvgIpc) is 3.34. The van der Waals surface area contributed by atoms with E-state index >= 15 is 0 Å². The maximum atomic E-state index is 5.45. The molecular formula is C20H40O2. The molecule has 0 aromatic rings. The summed E-state index contributed by atoms with van der Waals surface area (Å²) in [4.78, 5) is 0. The maximum Gasteiger partial charge on any atom is 0.181 e. The van der Waals surface area contributed by atoms with Crippen LogP contribution in [0.4, 0.5) is 0 Å². The van der Waals surface area contributed by atoms with Gasteiger partial charge in [-0.05, 0) is 6.42 Å². The van der Waals surface area contributed by atoms with Gasteiger partial charge >= 0.3 is 0 Å². The van der Waals surface area contributed by atoms with Gasteiger partial charge in [0.15, 0.2) is 6.29 Å². The van der Waals surface area contributed by atoms with Gasteiger partial charge in [0.1, 0.15) is 6.61 Å². The van der Waals surface area contributed by atoms with E-state index in [1.807, 2.05) is 0 Å². The molecular weight excluding hydrogens is 272 g/mol. The van der Waals surface area contributed by atoms with Crippen molar-refractivity contribution in [1.82, 2.24) is 0 Å². The Balaban J connectivity index is 1.59. The van der Waals surface area contributed by atoms with Gasteiger partial charge in [0, 0.05) is 6.61 Å². The minimum atomic E-state index is 0.149. The predicted molar refractivity (Wildman–Crippen MR) is 95.2 cm³/mol. The van der Waals surface area contributed by atoms with Crippen molar-refractivity contribution < 1.29 is 9.47 Å². The lowest BCUT2D eigenvalue weighted by Gasteiger charge is -2.03. The van der Waals surface area contributed by atoms with E-state index in [1.54, 1.807) is 0 Å². The fourth-order valence-electron chi connectivity index (χ4n) is 3.00. The molecule has 0 saturated carbocycles.